The van der Waals surface area contributed by atoms with Crippen molar-refractivity contribution in [1.29, 1.82) is 0 Å². The molecule has 0 radical (unpaired) electrons. The maximum atomic E-state index is 9.60. The number of aliphatic carboxylic acids is 2. The lowest BCUT2D eigenvalue weighted by Crippen LogP contribution is -1.96. The Balaban J connectivity index is -0.000000187. The predicted octanol–water partition coefficient (Wildman–Crippen LogP) is 1.17. The summed E-state index contributed by atoms with van der Waals surface area (Å²) in [5, 5.41) is 31.8. The lowest BCUT2D eigenvalue weighted by Gasteiger charge is -1.86. The molecule has 0 unspecified atom stereocenters. The van der Waals surface area contributed by atoms with Crippen molar-refractivity contribution < 1.29 is 30.0 Å². The van der Waals surface area contributed by atoms with Crippen molar-refractivity contribution in [3.05, 3.63) is 36.5 Å². The lowest BCUT2D eigenvalue weighted by molar-refractivity contribution is -0.133. The standard InChI is InChI=1S/2C4H6O2.C4H8O2/c2*1-3(2)4(5)6;1-2-3-4(5)6/h2*1H2,2H3,(H,5,6);2-6H,1H3. The summed E-state index contributed by atoms with van der Waals surface area (Å²) in [5.74, 6) is -1.87. The Bertz CT molecular complexity index is 267. The molecular weight excluding hydrogens is 240 g/mol. The zero-order valence-electron chi connectivity index (χ0n) is 10.8. The third-order valence-electron chi connectivity index (χ3n) is 1.09. The summed E-state index contributed by atoms with van der Waals surface area (Å²) >= 11 is 0. The molecule has 0 heterocycles. The van der Waals surface area contributed by atoms with Crippen LogP contribution in [-0.2, 0) is 9.59 Å². The molecule has 0 aromatic carbocycles. The van der Waals surface area contributed by atoms with Gasteiger partial charge in [0.2, 0.25) is 0 Å². The number of allylic oxidation sites excluding steroid dienone is 1. The maximum absolute atomic E-state index is 9.60. The van der Waals surface area contributed by atoms with Crippen molar-refractivity contribution in [1.82, 2.24) is 0 Å². The minimum Gasteiger partial charge on any atom is -0.478 e. The molecule has 0 aliphatic carbocycles. The second-order valence-corrected chi connectivity index (χ2v) is 3.11. The van der Waals surface area contributed by atoms with Crippen molar-refractivity contribution in [2.24, 2.45) is 0 Å². The van der Waals surface area contributed by atoms with Gasteiger partial charge in [-0.15, -0.1) is 0 Å². The summed E-state index contributed by atoms with van der Waals surface area (Å²) in [7, 11) is 0. The fourth-order valence-electron chi connectivity index (χ4n) is 0.172. The number of carbonyl (C=O) groups is 2. The number of carboxylic acids is 2. The Morgan fingerprint density at radius 3 is 1.22 bits per heavy atom. The van der Waals surface area contributed by atoms with Crippen LogP contribution in [0.4, 0.5) is 0 Å². The van der Waals surface area contributed by atoms with Crippen LogP contribution in [0.5, 0.6) is 0 Å². The van der Waals surface area contributed by atoms with Crippen molar-refractivity contribution in [2.45, 2.75) is 27.1 Å². The zero-order valence-corrected chi connectivity index (χ0v) is 10.8. The van der Waals surface area contributed by atoms with Gasteiger partial charge in [0.05, 0.1) is 0 Å². The molecule has 0 atom stereocenters. The SMILES string of the molecule is C=C(C)C(=O)O.C=C(C)C(=O)O.CC=CC(O)O. The van der Waals surface area contributed by atoms with Gasteiger partial charge in [-0.25, -0.2) is 9.59 Å². The van der Waals surface area contributed by atoms with Gasteiger partial charge in [-0.05, 0) is 26.8 Å². The average molecular weight is 260 g/mol. The highest BCUT2D eigenvalue weighted by atomic mass is 16.5. The second-order valence-electron chi connectivity index (χ2n) is 3.11. The molecule has 0 saturated carbocycles. The van der Waals surface area contributed by atoms with Crippen LogP contribution in [0.1, 0.15) is 20.8 Å². The van der Waals surface area contributed by atoms with E-state index in [-0.39, 0.29) is 11.1 Å². The Labute approximate surface area is 106 Å². The van der Waals surface area contributed by atoms with Gasteiger partial charge >= 0.3 is 11.9 Å². The van der Waals surface area contributed by atoms with Gasteiger partial charge in [-0.3, -0.25) is 0 Å². The molecule has 6 heteroatoms. The number of carboxylic acid groups (broad SMARTS) is 2. The average Bonchev–Trinajstić information content (AvgIpc) is 2.18. The molecule has 0 aromatic rings. The topological polar surface area (TPSA) is 115 Å². The molecule has 6 nitrogen and oxygen atoms in total. The molecule has 4 N–H and O–H groups in total. The first-order valence-corrected chi connectivity index (χ1v) is 4.82. The molecule has 0 rings (SSSR count). The van der Waals surface area contributed by atoms with E-state index in [9.17, 15) is 9.59 Å². The monoisotopic (exact) mass is 260 g/mol. The summed E-state index contributed by atoms with van der Waals surface area (Å²) in [5.41, 5.74) is 0.352. The molecule has 0 amide bonds. The summed E-state index contributed by atoms with van der Waals surface area (Å²) in [6, 6.07) is 0. The summed E-state index contributed by atoms with van der Waals surface area (Å²) in [6.45, 7) is 10.9. The van der Waals surface area contributed by atoms with Crippen LogP contribution in [0.15, 0.2) is 36.5 Å². The van der Waals surface area contributed by atoms with E-state index in [1.165, 1.54) is 19.9 Å². The third-order valence-corrected chi connectivity index (χ3v) is 1.09. The smallest absolute Gasteiger partial charge is 0.330 e. The molecule has 0 aromatic heterocycles. The van der Waals surface area contributed by atoms with E-state index >= 15 is 0 Å². The van der Waals surface area contributed by atoms with E-state index in [0.29, 0.717) is 0 Å². The van der Waals surface area contributed by atoms with Gasteiger partial charge < -0.3 is 20.4 Å². The van der Waals surface area contributed by atoms with Gasteiger partial charge in [0.1, 0.15) is 0 Å². The van der Waals surface area contributed by atoms with Crippen LogP contribution in [0, 0.1) is 0 Å². The maximum Gasteiger partial charge on any atom is 0.330 e. The van der Waals surface area contributed by atoms with Crippen molar-refractivity contribution >= 4 is 11.9 Å². The molecule has 18 heavy (non-hydrogen) atoms. The highest BCUT2D eigenvalue weighted by Gasteiger charge is 1.90. The third kappa shape index (κ3) is 29.2. The number of aliphatic hydroxyl groups is 2. The normalized spacial score (nSPS) is 8.78. The first-order valence-electron chi connectivity index (χ1n) is 4.82. The van der Waals surface area contributed by atoms with Gasteiger partial charge in [0.15, 0.2) is 6.29 Å². The first kappa shape index (κ1) is 21.4. The van der Waals surface area contributed by atoms with Crippen molar-refractivity contribution in [3.8, 4) is 0 Å². The van der Waals surface area contributed by atoms with Crippen LogP contribution >= 0.6 is 0 Å². The van der Waals surface area contributed by atoms with Crippen LogP contribution < -0.4 is 0 Å². The van der Waals surface area contributed by atoms with E-state index < -0.39 is 18.2 Å². The number of hydrogen-bond acceptors (Lipinski definition) is 4. The number of aliphatic hydroxyl groups excluding tert-OH is 1. The second kappa shape index (κ2) is 13.1. The van der Waals surface area contributed by atoms with E-state index in [0.717, 1.165) is 0 Å². The summed E-state index contributed by atoms with van der Waals surface area (Å²) in [6.07, 6.45) is 1.57. The Kier molecular flexibility index (Phi) is 15.6. The fraction of sp³-hybridized carbons (Fsp3) is 0.333. The highest BCUT2D eigenvalue weighted by Crippen LogP contribution is 1.81. The minimum absolute atomic E-state index is 0.176. The van der Waals surface area contributed by atoms with E-state index in [1.807, 2.05) is 0 Å². The molecule has 0 aliphatic rings. The molecule has 0 saturated heterocycles. The zero-order chi connectivity index (χ0) is 15.3. The van der Waals surface area contributed by atoms with Crippen LogP contribution in [-0.4, -0.2) is 38.7 Å². The van der Waals surface area contributed by atoms with Crippen LogP contribution in [0.25, 0.3) is 0 Å². The van der Waals surface area contributed by atoms with Crippen LogP contribution in [0.3, 0.4) is 0 Å². The lowest BCUT2D eigenvalue weighted by atomic mass is 10.4. The molecule has 0 bridgehead atoms. The molecule has 104 valence electrons. The Hall–Kier alpha value is -1.92. The molecule has 0 spiro atoms. The highest BCUT2D eigenvalue weighted by molar-refractivity contribution is 5.85. The first-order chi connectivity index (χ1) is 8.06. The predicted molar refractivity (Wildman–Crippen MR) is 67.9 cm³/mol. The summed E-state index contributed by atoms with van der Waals surface area (Å²) in [4.78, 5) is 19.2. The molecule has 0 aliphatic heterocycles. The molecular formula is C12H20O6. The van der Waals surface area contributed by atoms with Crippen molar-refractivity contribution in [3.63, 3.8) is 0 Å². The molecule has 0 fully saturated rings. The van der Waals surface area contributed by atoms with E-state index in [4.69, 9.17) is 20.4 Å². The van der Waals surface area contributed by atoms with Gasteiger partial charge in [0.25, 0.3) is 0 Å². The Morgan fingerprint density at radius 1 is 1.00 bits per heavy atom. The quantitative estimate of drug-likeness (QED) is 0.344. The van der Waals surface area contributed by atoms with Crippen molar-refractivity contribution in [2.75, 3.05) is 0 Å². The van der Waals surface area contributed by atoms with E-state index in [1.54, 1.807) is 13.0 Å². The summed E-state index contributed by atoms with van der Waals surface area (Å²) < 4.78 is 0. The number of hydrogen-bond donors (Lipinski definition) is 4. The van der Waals surface area contributed by atoms with Gasteiger partial charge in [0, 0.05) is 11.1 Å². The number of rotatable bonds is 3. The van der Waals surface area contributed by atoms with Gasteiger partial charge in [-0.2, -0.15) is 0 Å². The fourth-order valence-corrected chi connectivity index (χ4v) is 0.172. The van der Waals surface area contributed by atoms with Crippen LogP contribution in [0.2, 0.25) is 0 Å². The van der Waals surface area contributed by atoms with E-state index in [2.05, 4.69) is 13.2 Å². The largest absolute Gasteiger partial charge is 0.478 e. The van der Waals surface area contributed by atoms with Gasteiger partial charge in [-0.1, -0.05) is 19.2 Å². The minimum atomic E-state index is -1.28. The Morgan fingerprint density at radius 2 is 1.22 bits per heavy atom.